The number of amides is 1. The molecule has 0 fully saturated rings. The Bertz CT molecular complexity index is 381. The number of alkyl halides is 1. The highest BCUT2D eigenvalue weighted by atomic mass is 79.9. The lowest BCUT2D eigenvalue weighted by Gasteiger charge is -2.13. The van der Waals surface area contributed by atoms with Gasteiger partial charge >= 0.3 is 0 Å². The fourth-order valence-corrected chi connectivity index (χ4v) is 2.63. The molecule has 0 spiro atoms. The van der Waals surface area contributed by atoms with E-state index in [4.69, 9.17) is 11.6 Å². The molecule has 1 atom stereocenters. The van der Waals surface area contributed by atoms with Crippen LogP contribution in [-0.2, 0) is 0 Å². The summed E-state index contributed by atoms with van der Waals surface area (Å²) < 4.78 is 0. The van der Waals surface area contributed by atoms with Crippen molar-refractivity contribution in [1.82, 2.24) is 5.32 Å². The molecule has 0 radical (unpaired) electrons. The van der Waals surface area contributed by atoms with Crippen LogP contribution in [0.1, 0.15) is 30.6 Å². The number of hydrogen-bond acceptors (Lipinski definition) is 1. The molecule has 0 saturated carbocycles. The van der Waals surface area contributed by atoms with Crippen LogP contribution in [0.2, 0.25) is 5.02 Å². The highest BCUT2D eigenvalue weighted by Gasteiger charge is 2.10. The van der Waals surface area contributed by atoms with E-state index >= 15 is 0 Å². The molecule has 0 aliphatic rings. The second-order valence-electron chi connectivity index (χ2n) is 4.45. The third kappa shape index (κ3) is 5.55. The number of carbonyl (C=O) groups is 1. The first-order valence-corrected chi connectivity index (χ1v) is 6.96. The molecule has 4 heteroatoms. The van der Waals surface area contributed by atoms with Gasteiger partial charge in [0, 0.05) is 22.0 Å². The molecule has 1 aromatic carbocycles. The number of carbonyl (C=O) groups excluding carboxylic acids is 1. The first-order chi connectivity index (χ1) is 7.99. The van der Waals surface area contributed by atoms with Gasteiger partial charge in [0.25, 0.3) is 5.91 Å². The molecular formula is C13H17BrClNO. The Morgan fingerprint density at radius 3 is 2.76 bits per heavy atom. The zero-order chi connectivity index (χ0) is 12.8. The SMILES string of the molecule is CC(C)CC(Br)CNC(=O)c1cccc(Cl)c1. The maximum absolute atomic E-state index is 11.8. The van der Waals surface area contributed by atoms with Gasteiger partial charge in [0.1, 0.15) is 0 Å². The molecule has 2 nitrogen and oxygen atoms in total. The highest BCUT2D eigenvalue weighted by Crippen LogP contribution is 2.13. The molecule has 1 N–H and O–H groups in total. The topological polar surface area (TPSA) is 29.1 Å². The van der Waals surface area contributed by atoms with Gasteiger partial charge in [-0.05, 0) is 30.5 Å². The van der Waals surface area contributed by atoms with Crippen molar-refractivity contribution in [1.29, 1.82) is 0 Å². The van der Waals surface area contributed by atoms with Crippen molar-refractivity contribution in [3.05, 3.63) is 34.9 Å². The first-order valence-electron chi connectivity index (χ1n) is 5.67. The minimum atomic E-state index is -0.0827. The van der Waals surface area contributed by atoms with Gasteiger partial charge in [-0.15, -0.1) is 0 Å². The van der Waals surface area contributed by atoms with E-state index in [9.17, 15) is 4.79 Å². The van der Waals surface area contributed by atoms with E-state index in [1.807, 2.05) is 0 Å². The van der Waals surface area contributed by atoms with Gasteiger partial charge in [0.15, 0.2) is 0 Å². The molecule has 0 aliphatic carbocycles. The van der Waals surface area contributed by atoms with Crippen LogP contribution < -0.4 is 5.32 Å². The van der Waals surface area contributed by atoms with E-state index in [-0.39, 0.29) is 5.91 Å². The Balaban J connectivity index is 2.45. The smallest absolute Gasteiger partial charge is 0.251 e. The summed E-state index contributed by atoms with van der Waals surface area (Å²) >= 11 is 9.38. The van der Waals surface area contributed by atoms with Crippen LogP contribution in [0, 0.1) is 5.92 Å². The number of hydrogen-bond donors (Lipinski definition) is 1. The predicted octanol–water partition coefficient (Wildman–Crippen LogP) is 3.88. The molecule has 94 valence electrons. The summed E-state index contributed by atoms with van der Waals surface area (Å²) in [5.41, 5.74) is 0.599. The van der Waals surface area contributed by atoms with Gasteiger partial charge in [0.05, 0.1) is 0 Å². The lowest BCUT2D eigenvalue weighted by Crippen LogP contribution is -2.30. The molecule has 1 rings (SSSR count). The Morgan fingerprint density at radius 2 is 2.18 bits per heavy atom. The second kappa shape index (κ2) is 7.02. The van der Waals surface area contributed by atoms with Crippen molar-refractivity contribution < 1.29 is 4.79 Å². The molecule has 0 heterocycles. The Kier molecular flexibility index (Phi) is 6.00. The van der Waals surface area contributed by atoms with E-state index in [0.717, 1.165) is 6.42 Å². The van der Waals surface area contributed by atoms with E-state index < -0.39 is 0 Å². The van der Waals surface area contributed by atoms with Crippen molar-refractivity contribution in [2.75, 3.05) is 6.54 Å². The van der Waals surface area contributed by atoms with Crippen LogP contribution in [-0.4, -0.2) is 17.3 Å². The van der Waals surface area contributed by atoms with Gasteiger partial charge in [-0.1, -0.05) is 47.4 Å². The van der Waals surface area contributed by atoms with E-state index in [1.165, 1.54) is 0 Å². The van der Waals surface area contributed by atoms with Gasteiger partial charge in [0.2, 0.25) is 0 Å². The molecule has 0 aliphatic heterocycles. The molecule has 1 aromatic rings. The summed E-state index contributed by atoms with van der Waals surface area (Å²) in [5, 5.41) is 3.47. The van der Waals surface area contributed by atoms with Crippen LogP contribution in [0.25, 0.3) is 0 Å². The van der Waals surface area contributed by atoms with Gasteiger partial charge in [-0.2, -0.15) is 0 Å². The Hall–Kier alpha value is -0.540. The molecule has 0 bridgehead atoms. The van der Waals surface area contributed by atoms with Crippen LogP contribution in [0.5, 0.6) is 0 Å². The van der Waals surface area contributed by atoms with Crippen molar-refractivity contribution >= 4 is 33.4 Å². The fourth-order valence-electron chi connectivity index (χ4n) is 1.53. The average Bonchev–Trinajstić information content (AvgIpc) is 2.25. The third-order valence-corrected chi connectivity index (χ3v) is 3.23. The van der Waals surface area contributed by atoms with E-state index in [1.54, 1.807) is 24.3 Å². The minimum Gasteiger partial charge on any atom is -0.351 e. The molecule has 1 unspecified atom stereocenters. The van der Waals surface area contributed by atoms with E-state index in [2.05, 4.69) is 35.1 Å². The first kappa shape index (κ1) is 14.5. The molecule has 17 heavy (non-hydrogen) atoms. The van der Waals surface area contributed by atoms with Gasteiger partial charge in [-0.3, -0.25) is 4.79 Å². The fraction of sp³-hybridized carbons (Fsp3) is 0.462. The number of benzene rings is 1. The highest BCUT2D eigenvalue weighted by molar-refractivity contribution is 9.09. The lowest BCUT2D eigenvalue weighted by molar-refractivity contribution is 0.0953. The summed E-state index contributed by atoms with van der Waals surface area (Å²) in [6.45, 7) is 4.95. The third-order valence-electron chi connectivity index (χ3n) is 2.30. The molecule has 0 aromatic heterocycles. The molecule has 1 amide bonds. The zero-order valence-corrected chi connectivity index (χ0v) is 12.4. The quantitative estimate of drug-likeness (QED) is 0.820. The molecule has 0 saturated heterocycles. The normalized spacial score (nSPS) is 12.5. The summed E-state index contributed by atoms with van der Waals surface area (Å²) in [4.78, 5) is 12.1. The number of rotatable bonds is 5. The minimum absolute atomic E-state index is 0.0827. The summed E-state index contributed by atoms with van der Waals surface area (Å²) in [6, 6.07) is 6.96. The van der Waals surface area contributed by atoms with Gasteiger partial charge < -0.3 is 5.32 Å². The summed E-state index contributed by atoms with van der Waals surface area (Å²) in [7, 11) is 0. The number of nitrogens with one attached hydrogen (secondary N) is 1. The van der Waals surface area contributed by atoms with Crippen molar-refractivity contribution in [3.8, 4) is 0 Å². The van der Waals surface area contributed by atoms with Crippen LogP contribution in [0.4, 0.5) is 0 Å². The second-order valence-corrected chi connectivity index (χ2v) is 6.18. The maximum Gasteiger partial charge on any atom is 0.251 e. The average molecular weight is 319 g/mol. The van der Waals surface area contributed by atoms with Crippen molar-refractivity contribution in [2.45, 2.75) is 25.1 Å². The van der Waals surface area contributed by atoms with Crippen LogP contribution in [0.15, 0.2) is 24.3 Å². The summed E-state index contributed by atoms with van der Waals surface area (Å²) in [6.07, 6.45) is 1.04. The van der Waals surface area contributed by atoms with Crippen molar-refractivity contribution in [3.63, 3.8) is 0 Å². The monoisotopic (exact) mass is 317 g/mol. The predicted molar refractivity (Wildman–Crippen MR) is 76.0 cm³/mol. The van der Waals surface area contributed by atoms with Crippen LogP contribution >= 0.6 is 27.5 Å². The largest absolute Gasteiger partial charge is 0.351 e. The Morgan fingerprint density at radius 1 is 1.47 bits per heavy atom. The Labute approximate surface area is 116 Å². The lowest BCUT2D eigenvalue weighted by atomic mass is 10.1. The molecular weight excluding hydrogens is 302 g/mol. The van der Waals surface area contributed by atoms with Gasteiger partial charge in [-0.25, -0.2) is 0 Å². The van der Waals surface area contributed by atoms with E-state index in [0.29, 0.717) is 27.9 Å². The number of halogens is 2. The summed E-state index contributed by atoms with van der Waals surface area (Å²) in [5.74, 6) is 0.531. The maximum atomic E-state index is 11.8. The standard InChI is InChI=1S/C13H17BrClNO/c1-9(2)6-11(14)8-16-13(17)10-4-3-5-12(15)7-10/h3-5,7,9,11H,6,8H2,1-2H3,(H,16,17). The van der Waals surface area contributed by atoms with Crippen molar-refractivity contribution in [2.24, 2.45) is 5.92 Å². The van der Waals surface area contributed by atoms with Crippen LogP contribution in [0.3, 0.4) is 0 Å². The zero-order valence-electron chi connectivity index (χ0n) is 10.0.